The van der Waals surface area contributed by atoms with E-state index in [1.54, 1.807) is 28.6 Å². The quantitative estimate of drug-likeness (QED) is 0.846. The van der Waals surface area contributed by atoms with Gasteiger partial charge in [-0.1, -0.05) is 0 Å². The van der Waals surface area contributed by atoms with Crippen molar-refractivity contribution in [3.63, 3.8) is 0 Å². The SMILES string of the molecule is CC1COCC(C)N1S(=O)(=O)c1ccc(OC2CCCC2)cc1. The normalized spacial score (nSPS) is 27.2. The molecule has 1 heterocycles. The summed E-state index contributed by atoms with van der Waals surface area (Å²) in [5.74, 6) is 0.749. The summed E-state index contributed by atoms with van der Waals surface area (Å²) in [5, 5.41) is 0. The molecule has 1 aromatic rings. The van der Waals surface area contributed by atoms with Crippen LogP contribution in [-0.4, -0.2) is 44.1 Å². The van der Waals surface area contributed by atoms with Crippen LogP contribution in [0.25, 0.3) is 0 Å². The average Bonchev–Trinajstić information content (AvgIpc) is 3.00. The summed E-state index contributed by atoms with van der Waals surface area (Å²) < 4.78 is 38.7. The monoisotopic (exact) mass is 339 g/mol. The van der Waals surface area contributed by atoms with Crippen LogP contribution >= 0.6 is 0 Å². The molecule has 0 radical (unpaired) electrons. The fourth-order valence-corrected chi connectivity index (χ4v) is 5.27. The second kappa shape index (κ2) is 6.79. The van der Waals surface area contributed by atoms with Crippen LogP contribution in [0.1, 0.15) is 39.5 Å². The zero-order valence-corrected chi connectivity index (χ0v) is 14.6. The zero-order chi connectivity index (χ0) is 16.4. The number of rotatable bonds is 4. The van der Waals surface area contributed by atoms with Gasteiger partial charge in [-0.25, -0.2) is 8.42 Å². The first-order valence-electron chi connectivity index (χ1n) is 8.36. The lowest BCUT2D eigenvalue weighted by atomic mass is 10.2. The topological polar surface area (TPSA) is 55.8 Å². The highest BCUT2D eigenvalue weighted by Crippen LogP contribution is 2.28. The van der Waals surface area contributed by atoms with E-state index in [1.165, 1.54) is 12.8 Å². The predicted molar refractivity (Wildman–Crippen MR) is 88.1 cm³/mol. The summed E-state index contributed by atoms with van der Waals surface area (Å²) in [6.45, 7) is 4.63. The number of hydrogen-bond acceptors (Lipinski definition) is 4. The Hall–Kier alpha value is -1.11. The third-order valence-electron chi connectivity index (χ3n) is 4.59. The molecule has 1 aliphatic carbocycles. The van der Waals surface area contributed by atoms with E-state index in [4.69, 9.17) is 9.47 Å². The fourth-order valence-electron chi connectivity index (χ4n) is 3.47. The van der Waals surface area contributed by atoms with Crippen molar-refractivity contribution in [1.29, 1.82) is 0 Å². The van der Waals surface area contributed by atoms with Crippen LogP contribution < -0.4 is 4.74 Å². The first-order valence-corrected chi connectivity index (χ1v) is 9.80. The van der Waals surface area contributed by atoms with E-state index in [-0.39, 0.29) is 18.2 Å². The van der Waals surface area contributed by atoms with E-state index in [1.807, 2.05) is 13.8 Å². The number of ether oxygens (including phenoxy) is 2. The Morgan fingerprint density at radius 3 is 2.17 bits per heavy atom. The van der Waals surface area contributed by atoms with E-state index < -0.39 is 10.0 Å². The Morgan fingerprint density at radius 2 is 1.61 bits per heavy atom. The van der Waals surface area contributed by atoms with Crippen LogP contribution in [0.4, 0.5) is 0 Å². The molecule has 1 saturated heterocycles. The van der Waals surface area contributed by atoms with Crippen LogP contribution in [0.5, 0.6) is 5.75 Å². The molecule has 6 heteroatoms. The highest BCUT2D eigenvalue weighted by molar-refractivity contribution is 7.89. The van der Waals surface area contributed by atoms with Crippen molar-refractivity contribution in [1.82, 2.24) is 4.31 Å². The van der Waals surface area contributed by atoms with Gasteiger partial charge >= 0.3 is 0 Å². The Morgan fingerprint density at radius 1 is 1.04 bits per heavy atom. The molecule has 0 aromatic heterocycles. The fraction of sp³-hybridized carbons (Fsp3) is 0.647. The van der Waals surface area contributed by atoms with Gasteiger partial charge in [0.1, 0.15) is 5.75 Å². The van der Waals surface area contributed by atoms with Crippen LogP contribution in [-0.2, 0) is 14.8 Å². The van der Waals surface area contributed by atoms with Gasteiger partial charge < -0.3 is 9.47 Å². The molecule has 1 aromatic carbocycles. The Kier molecular flexibility index (Phi) is 4.94. The van der Waals surface area contributed by atoms with Gasteiger partial charge in [0.15, 0.2) is 0 Å². The lowest BCUT2D eigenvalue weighted by molar-refractivity contribution is 0.00636. The minimum atomic E-state index is -3.51. The molecule has 2 fully saturated rings. The molecule has 0 bridgehead atoms. The van der Waals surface area contributed by atoms with Crippen molar-refractivity contribution in [2.24, 2.45) is 0 Å². The second-order valence-electron chi connectivity index (χ2n) is 6.57. The second-order valence-corrected chi connectivity index (χ2v) is 8.41. The molecular formula is C17H25NO4S. The number of morpholine rings is 1. The molecule has 0 amide bonds. The van der Waals surface area contributed by atoms with Crippen LogP contribution in [0, 0.1) is 0 Å². The van der Waals surface area contributed by atoms with Gasteiger partial charge in [0.25, 0.3) is 0 Å². The summed E-state index contributed by atoms with van der Waals surface area (Å²) in [6.07, 6.45) is 4.87. The minimum Gasteiger partial charge on any atom is -0.490 e. The van der Waals surface area contributed by atoms with Gasteiger partial charge in [-0.2, -0.15) is 4.31 Å². The van der Waals surface area contributed by atoms with Crippen molar-refractivity contribution >= 4 is 10.0 Å². The van der Waals surface area contributed by atoms with Crippen molar-refractivity contribution in [2.75, 3.05) is 13.2 Å². The van der Waals surface area contributed by atoms with E-state index >= 15 is 0 Å². The lowest BCUT2D eigenvalue weighted by Gasteiger charge is -2.37. The average molecular weight is 339 g/mol. The summed E-state index contributed by atoms with van der Waals surface area (Å²) in [6, 6.07) is 6.52. The maximum atomic E-state index is 12.9. The van der Waals surface area contributed by atoms with Crippen molar-refractivity contribution in [3.8, 4) is 5.75 Å². The molecule has 2 atom stereocenters. The lowest BCUT2D eigenvalue weighted by Crippen LogP contribution is -2.52. The highest BCUT2D eigenvalue weighted by Gasteiger charge is 2.36. The number of sulfonamides is 1. The number of hydrogen-bond donors (Lipinski definition) is 0. The van der Waals surface area contributed by atoms with E-state index in [0.29, 0.717) is 18.1 Å². The van der Waals surface area contributed by atoms with Gasteiger partial charge in [-0.3, -0.25) is 0 Å². The number of benzene rings is 1. The third-order valence-corrected chi connectivity index (χ3v) is 6.73. The smallest absolute Gasteiger partial charge is 0.243 e. The maximum absolute atomic E-state index is 12.9. The summed E-state index contributed by atoms with van der Waals surface area (Å²) in [4.78, 5) is 0.317. The molecule has 1 saturated carbocycles. The highest BCUT2D eigenvalue weighted by atomic mass is 32.2. The first kappa shape index (κ1) is 16.7. The molecule has 2 unspecified atom stereocenters. The van der Waals surface area contributed by atoms with Gasteiger partial charge in [0, 0.05) is 12.1 Å². The van der Waals surface area contributed by atoms with Crippen LogP contribution in [0.2, 0.25) is 0 Å². The van der Waals surface area contributed by atoms with Gasteiger partial charge in [0.05, 0.1) is 24.2 Å². The number of nitrogens with zero attached hydrogens (tertiary/aromatic N) is 1. The predicted octanol–water partition coefficient (Wildman–Crippen LogP) is 2.81. The third kappa shape index (κ3) is 3.54. The van der Waals surface area contributed by atoms with Gasteiger partial charge in [0.2, 0.25) is 10.0 Å². The van der Waals surface area contributed by atoms with Crippen LogP contribution in [0.15, 0.2) is 29.2 Å². The van der Waals surface area contributed by atoms with E-state index in [9.17, 15) is 8.42 Å². The molecule has 0 N–H and O–H groups in total. The van der Waals surface area contributed by atoms with Crippen molar-refractivity contribution in [2.45, 2.75) is 62.6 Å². The molecule has 1 aliphatic heterocycles. The minimum absolute atomic E-state index is 0.154. The van der Waals surface area contributed by atoms with E-state index in [2.05, 4.69) is 0 Å². The molecular weight excluding hydrogens is 314 g/mol. The molecule has 23 heavy (non-hydrogen) atoms. The molecule has 0 spiro atoms. The standard InChI is InChI=1S/C17H25NO4S/c1-13-11-21-12-14(2)18(13)23(19,20)17-9-7-16(8-10-17)22-15-5-3-4-6-15/h7-10,13-15H,3-6,11-12H2,1-2H3. The Labute approximate surface area is 138 Å². The maximum Gasteiger partial charge on any atom is 0.243 e. The van der Waals surface area contributed by atoms with E-state index in [0.717, 1.165) is 18.6 Å². The zero-order valence-electron chi connectivity index (χ0n) is 13.8. The molecule has 128 valence electrons. The van der Waals surface area contributed by atoms with Crippen LogP contribution in [0.3, 0.4) is 0 Å². The van der Waals surface area contributed by atoms with Gasteiger partial charge in [-0.05, 0) is 63.8 Å². The molecule has 3 rings (SSSR count). The summed E-state index contributed by atoms with van der Waals surface area (Å²) >= 11 is 0. The summed E-state index contributed by atoms with van der Waals surface area (Å²) in [5.41, 5.74) is 0. The van der Waals surface area contributed by atoms with Gasteiger partial charge in [-0.15, -0.1) is 0 Å². The largest absolute Gasteiger partial charge is 0.490 e. The molecule has 2 aliphatic rings. The Bertz CT molecular complexity index is 612. The Balaban J connectivity index is 1.77. The van der Waals surface area contributed by atoms with Crippen molar-refractivity contribution in [3.05, 3.63) is 24.3 Å². The summed E-state index contributed by atoms with van der Waals surface area (Å²) in [7, 11) is -3.51. The first-order chi connectivity index (χ1) is 11.0. The van der Waals surface area contributed by atoms with Crippen molar-refractivity contribution < 1.29 is 17.9 Å². The molecule has 5 nitrogen and oxygen atoms in total.